The fourth-order valence-corrected chi connectivity index (χ4v) is 2.59. The van der Waals surface area contributed by atoms with Gasteiger partial charge in [0, 0.05) is 23.0 Å². The van der Waals surface area contributed by atoms with E-state index in [-0.39, 0.29) is 24.3 Å². The standard InChI is InChI=1S/C13H10ClNO2.C7H6BrNO2.ClH/c1-17-13(16)10-6-7-15-12(8-10)9-2-4-11(14)5-3-9;1-11-7(10)5-2-3-9-6(8)4-5;/h2-8H,1H3;2-4H,1H3;1H. The molecule has 9 heteroatoms. The van der Waals surface area contributed by atoms with Crippen molar-refractivity contribution in [2.24, 2.45) is 0 Å². The van der Waals surface area contributed by atoms with E-state index in [0.717, 1.165) is 5.56 Å². The molecule has 0 aliphatic rings. The van der Waals surface area contributed by atoms with Crippen molar-refractivity contribution in [2.75, 3.05) is 14.2 Å². The molecule has 3 rings (SSSR count). The van der Waals surface area contributed by atoms with Crippen LogP contribution in [0.25, 0.3) is 11.3 Å². The maximum Gasteiger partial charge on any atom is 0.337 e. The van der Waals surface area contributed by atoms with Gasteiger partial charge in [-0.1, -0.05) is 23.7 Å². The molecule has 2 aromatic heterocycles. The highest BCUT2D eigenvalue weighted by Gasteiger charge is 2.07. The largest absolute Gasteiger partial charge is 0.465 e. The predicted octanol–water partition coefficient (Wildman–Crippen LogP) is 5.24. The van der Waals surface area contributed by atoms with Crippen LogP contribution in [0.5, 0.6) is 0 Å². The van der Waals surface area contributed by atoms with E-state index in [1.807, 2.05) is 12.1 Å². The normalized spacial score (nSPS) is 9.38. The molecule has 0 bridgehead atoms. The number of rotatable bonds is 3. The van der Waals surface area contributed by atoms with Crippen molar-refractivity contribution in [1.29, 1.82) is 0 Å². The number of carbonyl (C=O) groups is 2. The molecule has 0 amide bonds. The second-order valence-corrected chi connectivity index (χ2v) is 6.54. The Morgan fingerprint density at radius 2 is 1.38 bits per heavy atom. The summed E-state index contributed by atoms with van der Waals surface area (Å²) in [6.07, 6.45) is 3.12. The smallest absolute Gasteiger partial charge is 0.337 e. The number of carbonyl (C=O) groups excluding carboxylic acids is 2. The van der Waals surface area contributed by atoms with Gasteiger partial charge >= 0.3 is 11.9 Å². The number of nitrogens with zero attached hydrogens (tertiary/aromatic N) is 2. The molecule has 0 spiro atoms. The molecule has 3 aromatic rings. The Kier molecular flexibility index (Phi) is 10.3. The zero-order valence-corrected chi connectivity index (χ0v) is 18.6. The fourth-order valence-electron chi connectivity index (χ4n) is 2.10. The van der Waals surface area contributed by atoms with Crippen molar-refractivity contribution in [1.82, 2.24) is 9.97 Å². The maximum absolute atomic E-state index is 11.4. The molecule has 0 aliphatic carbocycles. The molecular formula is C20H17BrCl2N2O4. The van der Waals surface area contributed by atoms with Crippen molar-refractivity contribution in [3.8, 4) is 11.3 Å². The first kappa shape index (κ1) is 24.6. The minimum atomic E-state index is -0.373. The highest BCUT2D eigenvalue weighted by atomic mass is 79.9. The van der Waals surface area contributed by atoms with Gasteiger partial charge in [0.05, 0.1) is 31.0 Å². The summed E-state index contributed by atoms with van der Waals surface area (Å²) in [5.41, 5.74) is 2.59. The van der Waals surface area contributed by atoms with Crippen LogP contribution in [0.3, 0.4) is 0 Å². The number of halogens is 3. The van der Waals surface area contributed by atoms with Gasteiger partial charge in [-0.15, -0.1) is 12.4 Å². The Labute approximate surface area is 187 Å². The first-order chi connectivity index (χ1) is 13.4. The van der Waals surface area contributed by atoms with E-state index in [2.05, 4.69) is 35.4 Å². The van der Waals surface area contributed by atoms with Gasteiger partial charge in [0.2, 0.25) is 0 Å². The van der Waals surface area contributed by atoms with E-state index < -0.39 is 0 Å². The Hall–Kier alpha value is -2.48. The van der Waals surface area contributed by atoms with E-state index in [1.165, 1.54) is 20.4 Å². The number of pyridine rings is 2. The summed E-state index contributed by atoms with van der Waals surface area (Å²) in [7, 11) is 2.70. The lowest BCUT2D eigenvalue weighted by Gasteiger charge is -2.03. The van der Waals surface area contributed by atoms with Gasteiger partial charge in [-0.05, 0) is 52.3 Å². The Bertz CT molecular complexity index is 969. The zero-order chi connectivity index (χ0) is 20.5. The summed E-state index contributed by atoms with van der Waals surface area (Å²) in [5, 5.41) is 0.665. The SMILES string of the molecule is COC(=O)c1ccnc(-c2ccc(Cl)cc2)c1.COC(=O)c1ccnc(Br)c1.Cl. The van der Waals surface area contributed by atoms with Crippen molar-refractivity contribution in [3.63, 3.8) is 0 Å². The van der Waals surface area contributed by atoms with Crippen LogP contribution in [0, 0.1) is 0 Å². The van der Waals surface area contributed by atoms with E-state index in [1.54, 1.807) is 42.6 Å². The molecule has 0 saturated carbocycles. The summed E-state index contributed by atoms with van der Waals surface area (Å²) in [6, 6.07) is 13.8. The number of aromatic nitrogens is 2. The number of hydrogen-bond acceptors (Lipinski definition) is 6. The highest BCUT2D eigenvalue weighted by Crippen LogP contribution is 2.20. The third kappa shape index (κ3) is 7.45. The molecule has 0 aliphatic heterocycles. The van der Waals surface area contributed by atoms with Crippen LogP contribution in [0.4, 0.5) is 0 Å². The molecule has 0 atom stereocenters. The van der Waals surface area contributed by atoms with Crippen LogP contribution in [0.15, 0.2) is 65.5 Å². The quantitative estimate of drug-likeness (QED) is 0.362. The topological polar surface area (TPSA) is 78.4 Å². The second-order valence-electron chi connectivity index (χ2n) is 5.29. The van der Waals surface area contributed by atoms with Gasteiger partial charge in [0.15, 0.2) is 0 Å². The number of esters is 2. The lowest BCUT2D eigenvalue weighted by Crippen LogP contribution is -2.01. The Balaban J connectivity index is 0.000000306. The van der Waals surface area contributed by atoms with Crippen molar-refractivity contribution < 1.29 is 19.1 Å². The average molecular weight is 500 g/mol. The first-order valence-corrected chi connectivity index (χ1v) is 9.12. The van der Waals surface area contributed by atoms with Crippen LogP contribution < -0.4 is 0 Å². The van der Waals surface area contributed by atoms with Crippen LogP contribution in [0.1, 0.15) is 20.7 Å². The summed E-state index contributed by atoms with van der Waals surface area (Å²) < 4.78 is 9.79. The van der Waals surface area contributed by atoms with Crippen LogP contribution >= 0.6 is 39.9 Å². The van der Waals surface area contributed by atoms with Crippen LogP contribution in [-0.4, -0.2) is 36.1 Å². The number of methoxy groups -OCH3 is 2. The van der Waals surface area contributed by atoms with Gasteiger partial charge in [0.1, 0.15) is 4.60 Å². The van der Waals surface area contributed by atoms with E-state index >= 15 is 0 Å². The number of benzene rings is 1. The summed E-state index contributed by atoms with van der Waals surface area (Å²) >= 11 is 8.95. The van der Waals surface area contributed by atoms with Crippen LogP contribution in [-0.2, 0) is 9.47 Å². The maximum atomic E-state index is 11.4. The van der Waals surface area contributed by atoms with E-state index in [9.17, 15) is 9.59 Å². The average Bonchev–Trinajstić information content (AvgIpc) is 2.73. The van der Waals surface area contributed by atoms with Gasteiger partial charge in [-0.3, -0.25) is 4.98 Å². The van der Waals surface area contributed by atoms with Gasteiger partial charge < -0.3 is 9.47 Å². The van der Waals surface area contributed by atoms with Gasteiger partial charge in [-0.2, -0.15) is 0 Å². The molecule has 0 unspecified atom stereocenters. The summed E-state index contributed by atoms with van der Waals surface area (Å²) in [4.78, 5) is 30.3. The first-order valence-electron chi connectivity index (χ1n) is 7.94. The Morgan fingerprint density at radius 3 is 1.90 bits per heavy atom. The monoisotopic (exact) mass is 498 g/mol. The van der Waals surface area contributed by atoms with E-state index in [0.29, 0.717) is 26.4 Å². The van der Waals surface area contributed by atoms with Crippen molar-refractivity contribution in [3.05, 3.63) is 81.7 Å². The summed E-state index contributed by atoms with van der Waals surface area (Å²) in [6.45, 7) is 0. The number of ether oxygens (including phenoxy) is 2. The molecule has 152 valence electrons. The minimum absolute atomic E-state index is 0. The molecule has 0 radical (unpaired) electrons. The van der Waals surface area contributed by atoms with Crippen molar-refractivity contribution in [2.45, 2.75) is 0 Å². The fraction of sp³-hybridized carbons (Fsp3) is 0.100. The third-order valence-corrected chi connectivity index (χ3v) is 4.15. The molecule has 1 aromatic carbocycles. The molecule has 29 heavy (non-hydrogen) atoms. The van der Waals surface area contributed by atoms with Crippen molar-refractivity contribution >= 4 is 51.9 Å². The molecule has 6 nitrogen and oxygen atoms in total. The van der Waals surface area contributed by atoms with Crippen LogP contribution in [0.2, 0.25) is 5.02 Å². The predicted molar refractivity (Wildman–Crippen MR) is 117 cm³/mol. The molecule has 0 fully saturated rings. The molecular weight excluding hydrogens is 483 g/mol. The minimum Gasteiger partial charge on any atom is -0.465 e. The van der Waals surface area contributed by atoms with Gasteiger partial charge in [0.25, 0.3) is 0 Å². The van der Waals surface area contributed by atoms with E-state index in [4.69, 9.17) is 11.6 Å². The third-order valence-electron chi connectivity index (χ3n) is 3.47. The molecule has 0 N–H and O–H groups in total. The zero-order valence-electron chi connectivity index (χ0n) is 15.5. The number of hydrogen-bond donors (Lipinski definition) is 0. The van der Waals surface area contributed by atoms with Gasteiger partial charge in [-0.25, -0.2) is 14.6 Å². The Morgan fingerprint density at radius 1 is 0.862 bits per heavy atom. The lowest BCUT2D eigenvalue weighted by atomic mass is 10.1. The summed E-state index contributed by atoms with van der Waals surface area (Å²) in [5.74, 6) is -0.726. The molecule has 0 saturated heterocycles. The highest BCUT2D eigenvalue weighted by molar-refractivity contribution is 9.10. The lowest BCUT2D eigenvalue weighted by molar-refractivity contribution is 0.0591. The molecule has 2 heterocycles. The second kappa shape index (κ2) is 12.2.